The van der Waals surface area contributed by atoms with Crippen molar-refractivity contribution >= 4 is 18.5 Å². The highest BCUT2D eigenvalue weighted by molar-refractivity contribution is 8.06. The van der Waals surface area contributed by atoms with Crippen molar-refractivity contribution in [1.29, 1.82) is 0 Å². The van der Waals surface area contributed by atoms with E-state index in [1.807, 2.05) is 13.0 Å². The van der Waals surface area contributed by atoms with Gasteiger partial charge in [-0.3, -0.25) is 0 Å². The molecule has 0 unspecified atom stereocenters. The van der Waals surface area contributed by atoms with Crippen LogP contribution < -0.4 is 4.52 Å². The first-order chi connectivity index (χ1) is 7.92. The molecule has 0 aliphatic rings. The lowest BCUT2D eigenvalue weighted by Gasteiger charge is -2.18. The van der Waals surface area contributed by atoms with Crippen molar-refractivity contribution in [2.45, 2.75) is 40.0 Å². The van der Waals surface area contributed by atoms with E-state index in [9.17, 15) is 9.79 Å². The number of rotatable bonds is 5. The van der Waals surface area contributed by atoms with Crippen LogP contribution >= 0.6 is 6.72 Å². The Balaban J connectivity index is 3.28. The van der Waals surface area contributed by atoms with Crippen LogP contribution in [-0.2, 0) is 31.1 Å². The molecule has 0 heterocycles. The van der Waals surface area contributed by atoms with Crippen LogP contribution in [0, 0.1) is 0 Å². The van der Waals surface area contributed by atoms with Gasteiger partial charge >= 0.3 is 6.72 Å². The second kappa shape index (κ2) is 5.96. The van der Waals surface area contributed by atoms with E-state index in [1.54, 1.807) is 6.07 Å². The quantitative estimate of drug-likeness (QED) is 0.810. The standard InChI is InChI=1S/C12H19O3PS/c1-4-9-7-8-12(15-16(13,14)17)11(6-3)10(9)5-2/h7-8H,4-6H2,1-3H3,(H2,13,14,17). The Kier molecular flexibility index (Phi) is 5.14. The smallest absolute Gasteiger partial charge is 0.375 e. The molecule has 0 atom stereocenters. The molecule has 0 aromatic heterocycles. The van der Waals surface area contributed by atoms with Crippen molar-refractivity contribution in [3.05, 3.63) is 28.8 Å². The van der Waals surface area contributed by atoms with E-state index in [4.69, 9.17) is 4.52 Å². The first kappa shape index (κ1) is 14.7. The van der Waals surface area contributed by atoms with Crippen molar-refractivity contribution in [1.82, 2.24) is 0 Å². The number of aryl methyl sites for hydroxylation is 1. The molecule has 0 saturated carbocycles. The van der Waals surface area contributed by atoms with Crippen LogP contribution in [-0.4, -0.2) is 9.79 Å². The molecule has 0 bridgehead atoms. The maximum absolute atomic E-state index is 9.24. The Labute approximate surface area is 108 Å². The Morgan fingerprint density at radius 2 is 1.65 bits per heavy atom. The molecule has 1 aromatic carbocycles. The molecule has 0 aliphatic heterocycles. The largest absolute Gasteiger partial charge is 0.424 e. The maximum atomic E-state index is 9.24. The Morgan fingerprint density at radius 3 is 2.06 bits per heavy atom. The van der Waals surface area contributed by atoms with Crippen LogP contribution in [0.2, 0.25) is 0 Å². The first-order valence-electron chi connectivity index (χ1n) is 5.81. The summed E-state index contributed by atoms with van der Waals surface area (Å²) in [6.45, 7) is 2.58. The number of benzene rings is 1. The Bertz CT molecular complexity index is 440. The molecule has 1 rings (SSSR count). The van der Waals surface area contributed by atoms with Gasteiger partial charge in [0.25, 0.3) is 0 Å². The van der Waals surface area contributed by atoms with E-state index in [1.165, 1.54) is 11.1 Å². The van der Waals surface area contributed by atoms with E-state index in [0.29, 0.717) is 5.75 Å². The van der Waals surface area contributed by atoms with Crippen molar-refractivity contribution in [3.63, 3.8) is 0 Å². The highest BCUT2D eigenvalue weighted by Gasteiger charge is 2.16. The Hall–Kier alpha value is -0.410. The van der Waals surface area contributed by atoms with E-state index in [-0.39, 0.29) is 0 Å². The summed E-state index contributed by atoms with van der Waals surface area (Å²) >= 11 is 4.52. The average Bonchev–Trinajstić information content (AvgIpc) is 2.26. The molecule has 0 spiro atoms. The van der Waals surface area contributed by atoms with Gasteiger partial charge in [0.2, 0.25) is 0 Å². The van der Waals surface area contributed by atoms with Crippen LogP contribution in [0.1, 0.15) is 37.5 Å². The van der Waals surface area contributed by atoms with E-state index in [0.717, 1.165) is 24.8 Å². The van der Waals surface area contributed by atoms with Crippen LogP contribution in [0.15, 0.2) is 12.1 Å². The second-order valence-corrected chi connectivity index (χ2v) is 6.41. The normalized spacial score (nSPS) is 11.6. The van der Waals surface area contributed by atoms with Gasteiger partial charge in [0.15, 0.2) is 0 Å². The van der Waals surface area contributed by atoms with Gasteiger partial charge in [-0.2, -0.15) is 0 Å². The van der Waals surface area contributed by atoms with E-state index >= 15 is 0 Å². The van der Waals surface area contributed by atoms with Gasteiger partial charge in [0.05, 0.1) is 0 Å². The summed E-state index contributed by atoms with van der Waals surface area (Å²) in [6.07, 6.45) is 2.66. The second-order valence-electron chi connectivity index (χ2n) is 3.82. The average molecular weight is 274 g/mol. The van der Waals surface area contributed by atoms with Crippen molar-refractivity contribution in [3.8, 4) is 5.75 Å². The third kappa shape index (κ3) is 3.78. The van der Waals surface area contributed by atoms with Gasteiger partial charge in [-0.25, -0.2) is 0 Å². The molecule has 17 heavy (non-hydrogen) atoms. The summed E-state index contributed by atoms with van der Waals surface area (Å²) in [5.74, 6) is 0.509. The molecule has 1 aromatic rings. The molecule has 96 valence electrons. The number of hydrogen-bond donors (Lipinski definition) is 2. The third-order valence-corrected chi connectivity index (χ3v) is 3.45. The summed E-state index contributed by atoms with van der Waals surface area (Å²) in [5.41, 5.74) is 3.54. The molecule has 0 aliphatic carbocycles. The third-order valence-electron chi connectivity index (χ3n) is 2.79. The first-order valence-corrected chi connectivity index (χ1v) is 8.44. The fourth-order valence-corrected chi connectivity index (χ4v) is 2.76. The number of hydrogen-bond acceptors (Lipinski definition) is 2. The molecular weight excluding hydrogens is 255 g/mol. The molecule has 0 fully saturated rings. The molecule has 0 radical (unpaired) electrons. The minimum absolute atomic E-state index is 0.509. The highest BCUT2D eigenvalue weighted by atomic mass is 32.5. The van der Waals surface area contributed by atoms with Gasteiger partial charge in [0.1, 0.15) is 5.75 Å². The summed E-state index contributed by atoms with van der Waals surface area (Å²) in [7, 11) is 0. The topological polar surface area (TPSA) is 49.7 Å². The fraction of sp³-hybridized carbons (Fsp3) is 0.500. The van der Waals surface area contributed by atoms with Gasteiger partial charge < -0.3 is 14.3 Å². The molecule has 0 saturated heterocycles. The SMILES string of the molecule is CCc1ccc(OP(O)(O)=S)c(CC)c1CC. The fourth-order valence-electron chi connectivity index (χ4n) is 2.09. The van der Waals surface area contributed by atoms with Crippen molar-refractivity contribution in [2.24, 2.45) is 0 Å². The monoisotopic (exact) mass is 274 g/mol. The van der Waals surface area contributed by atoms with Crippen LogP contribution in [0.25, 0.3) is 0 Å². The van der Waals surface area contributed by atoms with Gasteiger partial charge in [-0.1, -0.05) is 26.8 Å². The van der Waals surface area contributed by atoms with Crippen molar-refractivity contribution < 1.29 is 14.3 Å². The summed E-state index contributed by atoms with van der Waals surface area (Å²) in [5, 5.41) is 0. The zero-order valence-electron chi connectivity index (χ0n) is 10.4. The zero-order chi connectivity index (χ0) is 13.1. The predicted molar refractivity (Wildman–Crippen MR) is 73.9 cm³/mol. The van der Waals surface area contributed by atoms with Crippen molar-refractivity contribution in [2.75, 3.05) is 0 Å². The lowest BCUT2D eigenvalue weighted by molar-refractivity contribution is 0.369. The zero-order valence-corrected chi connectivity index (χ0v) is 12.1. The van der Waals surface area contributed by atoms with E-state index in [2.05, 4.69) is 25.7 Å². The Morgan fingerprint density at radius 1 is 1.06 bits per heavy atom. The summed E-state index contributed by atoms with van der Waals surface area (Å²) in [4.78, 5) is 18.5. The van der Waals surface area contributed by atoms with Crippen LogP contribution in [0.5, 0.6) is 5.75 Å². The molecule has 3 nitrogen and oxygen atoms in total. The maximum Gasteiger partial charge on any atom is 0.375 e. The van der Waals surface area contributed by atoms with Gasteiger partial charge in [0, 0.05) is 11.8 Å². The molecule has 5 heteroatoms. The van der Waals surface area contributed by atoms with Gasteiger partial charge in [-0.15, -0.1) is 0 Å². The summed E-state index contributed by atoms with van der Waals surface area (Å²) < 4.78 is 5.10. The minimum atomic E-state index is -3.65. The minimum Gasteiger partial charge on any atom is -0.424 e. The highest BCUT2D eigenvalue weighted by Crippen LogP contribution is 2.41. The van der Waals surface area contributed by atoms with Crippen LogP contribution in [0.4, 0.5) is 0 Å². The lowest BCUT2D eigenvalue weighted by Crippen LogP contribution is -2.02. The summed E-state index contributed by atoms with van der Waals surface area (Å²) in [6, 6.07) is 3.75. The molecule has 2 N–H and O–H groups in total. The van der Waals surface area contributed by atoms with Crippen LogP contribution in [0.3, 0.4) is 0 Å². The lowest BCUT2D eigenvalue weighted by atomic mass is 9.95. The molecular formula is C12H19O3PS. The predicted octanol–water partition coefficient (Wildman–Crippen LogP) is 2.96. The molecule has 0 amide bonds. The van der Waals surface area contributed by atoms with Gasteiger partial charge in [-0.05, 0) is 42.0 Å². The van der Waals surface area contributed by atoms with E-state index < -0.39 is 6.72 Å².